The Morgan fingerprint density at radius 1 is 1.17 bits per heavy atom. The number of benzene rings is 2. The summed E-state index contributed by atoms with van der Waals surface area (Å²) in [6.45, 7) is 9.23. The highest BCUT2D eigenvalue weighted by atomic mass is 35.5. The van der Waals surface area contributed by atoms with Crippen LogP contribution in [0.4, 0.5) is 11.4 Å². The van der Waals surface area contributed by atoms with Crippen LogP contribution in [0.15, 0.2) is 36.4 Å². The minimum atomic E-state index is -1.08. The summed E-state index contributed by atoms with van der Waals surface area (Å²) in [6, 6.07) is 10.4. The van der Waals surface area contributed by atoms with E-state index in [1.807, 2.05) is 18.2 Å². The van der Waals surface area contributed by atoms with Crippen molar-refractivity contribution in [1.82, 2.24) is 0 Å². The highest BCUT2D eigenvalue weighted by Crippen LogP contribution is 2.40. The molecule has 0 saturated heterocycles. The molecule has 0 aliphatic carbocycles. The number of carbonyl (C=O) groups excluding carboxylic acids is 2. The number of ether oxygens (including phenoxy) is 1. The van der Waals surface area contributed by atoms with E-state index in [1.54, 1.807) is 39.0 Å². The second-order valence-corrected chi connectivity index (χ2v) is 8.16. The van der Waals surface area contributed by atoms with Crippen LogP contribution >= 0.6 is 11.6 Å². The van der Waals surface area contributed by atoms with Crippen LogP contribution in [0.25, 0.3) is 0 Å². The summed E-state index contributed by atoms with van der Waals surface area (Å²) >= 11 is 6.16. The number of aryl methyl sites for hydroxylation is 2. The molecule has 0 saturated carbocycles. The Morgan fingerprint density at radius 2 is 1.79 bits per heavy atom. The number of fused-ring (bicyclic) bond motifs is 1. The van der Waals surface area contributed by atoms with Gasteiger partial charge in [0.25, 0.3) is 5.91 Å². The van der Waals surface area contributed by atoms with Gasteiger partial charge < -0.3 is 10.1 Å². The van der Waals surface area contributed by atoms with Crippen LogP contribution in [-0.2, 0) is 22.4 Å². The molecule has 6 heteroatoms. The predicted molar refractivity (Wildman–Crippen MR) is 117 cm³/mol. The van der Waals surface area contributed by atoms with Crippen LogP contribution in [0.5, 0.6) is 5.75 Å². The molecule has 0 spiro atoms. The maximum absolute atomic E-state index is 13.2. The molecule has 0 bridgehead atoms. The third kappa shape index (κ3) is 3.97. The van der Waals surface area contributed by atoms with Crippen LogP contribution in [-0.4, -0.2) is 23.5 Å². The van der Waals surface area contributed by atoms with Gasteiger partial charge in [0, 0.05) is 10.7 Å². The van der Waals surface area contributed by atoms with Crippen molar-refractivity contribution in [2.24, 2.45) is 0 Å². The van der Waals surface area contributed by atoms with E-state index in [2.05, 4.69) is 19.2 Å². The van der Waals surface area contributed by atoms with Crippen molar-refractivity contribution in [2.75, 3.05) is 10.2 Å². The van der Waals surface area contributed by atoms with E-state index in [9.17, 15) is 9.59 Å². The first-order valence-electron chi connectivity index (χ1n) is 9.93. The fraction of sp³-hybridized carbons (Fsp3) is 0.391. The van der Waals surface area contributed by atoms with Gasteiger partial charge in [0.15, 0.2) is 5.60 Å². The molecule has 5 nitrogen and oxygen atoms in total. The van der Waals surface area contributed by atoms with E-state index in [-0.39, 0.29) is 11.8 Å². The van der Waals surface area contributed by atoms with Crippen LogP contribution in [0, 0.1) is 0 Å². The summed E-state index contributed by atoms with van der Waals surface area (Å²) in [4.78, 5) is 27.9. The lowest BCUT2D eigenvalue weighted by Crippen LogP contribution is -2.57. The molecule has 0 fully saturated rings. The first-order valence-corrected chi connectivity index (χ1v) is 10.3. The Morgan fingerprint density at radius 3 is 2.38 bits per heavy atom. The first-order chi connectivity index (χ1) is 13.7. The van der Waals surface area contributed by atoms with Gasteiger partial charge in [-0.2, -0.15) is 0 Å². The molecule has 1 atom stereocenters. The van der Waals surface area contributed by atoms with E-state index in [0.717, 1.165) is 29.7 Å². The van der Waals surface area contributed by atoms with Crippen molar-refractivity contribution in [2.45, 2.75) is 59.1 Å². The number of anilines is 2. The maximum atomic E-state index is 13.2. The van der Waals surface area contributed by atoms with Gasteiger partial charge in [-0.25, -0.2) is 0 Å². The molecule has 3 rings (SSSR count). The molecule has 1 aliphatic heterocycles. The zero-order chi connectivity index (χ0) is 21.3. The summed E-state index contributed by atoms with van der Waals surface area (Å²) in [5.41, 5.74) is 2.40. The third-order valence-corrected chi connectivity index (χ3v) is 5.53. The molecule has 1 N–H and O–H groups in total. The Labute approximate surface area is 177 Å². The fourth-order valence-corrected chi connectivity index (χ4v) is 3.78. The van der Waals surface area contributed by atoms with E-state index in [4.69, 9.17) is 16.3 Å². The molecule has 1 aliphatic rings. The van der Waals surface area contributed by atoms with E-state index < -0.39 is 11.6 Å². The van der Waals surface area contributed by atoms with E-state index >= 15 is 0 Å². The van der Waals surface area contributed by atoms with Gasteiger partial charge in [0.2, 0.25) is 5.91 Å². The summed E-state index contributed by atoms with van der Waals surface area (Å²) < 4.78 is 5.86. The quantitative estimate of drug-likeness (QED) is 0.749. The van der Waals surface area contributed by atoms with Gasteiger partial charge in [0.05, 0.1) is 5.69 Å². The Bertz CT molecular complexity index is 933. The molecule has 2 aromatic rings. The molecule has 2 aromatic carbocycles. The van der Waals surface area contributed by atoms with Crippen molar-refractivity contribution in [3.63, 3.8) is 0 Å². The van der Waals surface area contributed by atoms with Gasteiger partial charge in [0.1, 0.15) is 11.8 Å². The average Bonchev–Trinajstić information content (AvgIpc) is 2.69. The normalized spacial score (nSPS) is 16.1. The smallest absolute Gasteiger partial charge is 0.271 e. The van der Waals surface area contributed by atoms with Crippen molar-refractivity contribution < 1.29 is 14.3 Å². The number of para-hydroxylation sites is 1. The largest absolute Gasteiger partial charge is 0.476 e. The van der Waals surface area contributed by atoms with E-state index in [1.165, 1.54) is 4.90 Å². The molecular weight excluding hydrogens is 388 g/mol. The molecule has 0 radical (unpaired) electrons. The molecule has 1 heterocycles. The number of nitrogens with zero attached hydrogens (tertiary/aromatic N) is 1. The fourth-order valence-electron chi connectivity index (χ4n) is 3.62. The zero-order valence-corrected chi connectivity index (χ0v) is 18.3. The maximum Gasteiger partial charge on any atom is 0.271 e. The lowest BCUT2D eigenvalue weighted by Gasteiger charge is -2.41. The monoisotopic (exact) mass is 414 g/mol. The van der Waals surface area contributed by atoms with Crippen molar-refractivity contribution in [1.29, 1.82) is 0 Å². The molecule has 154 valence electrons. The minimum absolute atomic E-state index is 0.252. The first kappa shape index (κ1) is 21.2. The molecule has 2 amide bonds. The van der Waals surface area contributed by atoms with Crippen molar-refractivity contribution >= 4 is 34.8 Å². The van der Waals surface area contributed by atoms with Crippen molar-refractivity contribution in [3.05, 3.63) is 52.5 Å². The summed E-state index contributed by atoms with van der Waals surface area (Å²) in [5, 5.41) is 3.54. The number of halogens is 1. The summed E-state index contributed by atoms with van der Waals surface area (Å²) in [6.07, 6.45) is 1.61. The van der Waals surface area contributed by atoms with Crippen molar-refractivity contribution in [3.8, 4) is 5.75 Å². The minimum Gasteiger partial charge on any atom is -0.476 e. The predicted octanol–water partition coefficient (Wildman–Crippen LogP) is 5.00. The zero-order valence-electron chi connectivity index (χ0n) is 17.5. The van der Waals surface area contributed by atoms with Crippen LogP contribution in [0.1, 0.15) is 45.7 Å². The lowest BCUT2D eigenvalue weighted by molar-refractivity contribution is -0.134. The van der Waals surface area contributed by atoms with Crippen LogP contribution < -0.4 is 15.0 Å². The highest BCUT2D eigenvalue weighted by Gasteiger charge is 2.44. The van der Waals surface area contributed by atoms with Crippen LogP contribution in [0.2, 0.25) is 5.02 Å². The van der Waals surface area contributed by atoms with Gasteiger partial charge in [-0.05, 0) is 62.9 Å². The number of nitrogens with one attached hydrogen (secondary N) is 1. The van der Waals surface area contributed by atoms with Gasteiger partial charge >= 0.3 is 0 Å². The number of amides is 2. The van der Waals surface area contributed by atoms with Crippen LogP contribution in [0.3, 0.4) is 0 Å². The van der Waals surface area contributed by atoms with Gasteiger partial charge in [-0.1, -0.05) is 43.6 Å². The number of hydrogen-bond donors (Lipinski definition) is 1. The van der Waals surface area contributed by atoms with E-state index in [0.29, 0.717) is 16.5 Å². The number of rotatable bonds is 5. The molecular formula is C23H27ClN2O3. The summed E-state index contributed by atoms with van der Waals surface area (Å²) in [5.74, 6) is -0.00570. The third-order valence-electron chi connectivity index (χ3n) is 5.29. The topological polar surface area (TPSA) is 58.6 Å². The average molecular weight is 415 g/mol. The molecule has 1 unspecified atom stereocenters. The summed E-state index contributed by atoms with van der Waals surface area (Å²) in [7, 11) is 0. The Hall–Kier alpha value is -2.53. The second kappa shape index (κ2) is 8.07. The SMILES string of the molecule is CCc1cccc(CC)c1NC(=O)C(C)N1C(=O)C(C)(C)Oc2ccc(Cl)cc21. The number of carbonyl (C=O) groups is 2. The molecule has 0 aromatic heterocycles. The number of hydrogen-bond acceptors (Lipinski definition) is 3. The Kier molecular flexibility index (Phi) is 5.90. The standard InChI is InChI=1S/C23H27ClN2O3/c1-6-15-9-8-10-16(7-2)20(15)25-21(27)14(3)26-18-13-17(24)11-12-19(18)29-23(4,5)22(26)28/h8-14H,6-7H2,1-5H3,(H,25,27). The molecule has 29 heavy (non-hydrogen) atoms. The second-order valence-electron chi connectivity index (χ2n) is 7.72. The van der Waals surface area contributed by atoms with Gasteiger partial charge in [-0.15, -0.1) is 0 Å². The highest BCUT2D eigenvalue weighted by molar-refractivity contribution is 6.31. The Balaban J connectivity index is 1.98. The van der Waals surface area contributed by atoms with Gasteiger partial charge in [-0.3, -0.25) is 14.5 Å². The lowest BCUT2D eigenvalue weighted by atomic mass is 10.0.